The normalized spacial score (nSPS) is 14.1. The highest BCUT2D eigenvalue weighted by atomic mass is 28.3. The molecular weight excluding hydrogens is 492 g/mol. The molecule has 2 aromatic heterocycles. The summed E-state index contributed by atoms with van der Waals surface area (Å²) in [5.74, 6) is 0.926. The summed E-state index contributed by atoms with van der Waals surface area (Å²) in [6.45, 7) is 4.93. The highest BCUT2D eigenvalue weighted by Gasteiger charge is 2.38. The molecule has 4 nitrogen and oxygen atoms in total. The maximum atomic E-state index is 5.24. The minimum absolute atomic E-state index is 0.926. The summed E-state index contributed by atoms with van der Waals surface area (Å²) in [7, 11) is -2.02. The van der Waals surface area contributed by atoms with Gasteiger partial charge in [0.1, 0.15) is 19.5 Å². The van der Waals surface area contributed by atoms with Crippen LogP contribution in [0.2, 0.25) is 13.1 Å². The predicted molar refractivity (Wildman–Crippen MR) is 165 cm³/mol. The molecule has 0 saturated carbocycles. The van der Waals surface area contributed by atoms with Gasteiger partial charge in [-0.15, -0.1) is 0 Å². The molecule has 0 radical (unpaired) electrons. The van der Waals surface area contributed by atoms with Gasteiger partial charge in [-0.05, 0) is 71.0 Å². The van der Waals surface area contributed by atoms with Crippen LogP contribution in [0.4, 0.5) is 17.1 Å². The molecule has 0 N–H and O–H groups in total. The average Bonchev–Trinajstić information content (AvgIpc) is 3.38. The summed E-state index contributed by atoms with van der Waals surface area (Å²) < 4.78 is 2.24. The van der Waals surface area contributed by atoms with Crippen molar-refractivity contribution in [2.24, 2.45) is 0 Å². The summed E-state index contributed by atoms with van der Waals surface area (Å²) >= 11 is 0. The number of nitrogens with zero attached hydrogens (tertiary/aromatic N) is 4. The van der Waals surface area contributed by atoms with Crippen LogP contribution in [0.3, 0.4) is 0 Å². The third kappa shape index (κ3) is 3.17. The molecule has 5 aromatic carbocycles. The molecule has 0 atom stereocenters. The van der Waals surface area contributed by atoms with Crippen molar-refractivity contribution in [3.63, 3.8) is 0 Å². The van der Waals surface area contributed by atoms with Crippen molar-refractivity contribution in [1.82, 2.24) is 14.4 Å². The number of hydrogen-bond donors (Lipinski definition) is 0. The number of fused-ring (bicyclic) bond motifs is 7. The van der Waals surface area contributed by atoms with Crippen molar-refractivity contribution in [3.8, 4) is 11.4 Å². The van der Waals surface area contributed by atoms with E-state index in [1.807, 2.05) is 6.07 Å². The maximum absolute atomic E-state index is 5.24. The van der Waals surface area contributed by atoms with Crippen molar-refractivity contribution in [2.75, 3.05) is 4.90 Å². The molecule has 3 heterocycles. The Bertz CT molecular complexity index is 2060. The molecule has 1 aliphatic heterocycles. The summed E-state index contributed by atoms with van der Waals surface area (Å²) in [6.07, 6.45) is 0. The molecule has 0 spiro atoms. The molecule has 1 aliphatic rings. The van der Waals surface area contributed by atoms with E-state index in [9.17, 15) is 0 Å². The van der Waals surface area contributed by atoms with Crippen molar-refractivity contribution in [3.05, 3.63) is 121 Å². The first-order valence-corrected chi connectivity index (χ1v) is 16.4. The Morgan fingerprint density at radius 3 is 2.15 bits per heavy atom. The van der Waals surface area contributed by atoms with Crippen LogP contribution in [0.5, 0.6) is 0 Å². The Labute approximate surface area is 227 Å². The lowest BCUT2D eigenvalue weighted by atomic mass is 10.1. The molecule has 0 aliphatic carbocycles. The number of imidazole rings is 1. The number of anilines is 3. The zero-order chi connectivity index (χ0) is 26.1. The van der Waals surface area contributed by atoms with Crippen LogP contribution >= 0.6 is 0 Å². The van der Waals surface area contributed by atoms with Crippen LogP contribution in [-0.4, -0.2) is 22.4 Å². The molecule has 8 rings (SSSR count). The highest BCUT2D eigenvalue weighted by Crippen LogP contribution is 2.39. The number of rotatable bonds is 2. The Morgan fingerprint density at radius 2 is 1.28 bits per heavy atom. The average molecular weight is 519 g/mol. The lowest BCUT2D eigenvalue weighted by Gasteiger charge is -2.41. The predicted octanol–water partition coefficient (Wildman–Crippen LogP) is 7.31. The van der Waals surface area contributed by atoms with E-state index in [0.717, 1.165) is 39.0 Å². The first-order chi connectivity index (χ1) is 19.1. The van der Waals surface area contributed by atoms with Crippen molar-refractivity contribution >= 4 is 63.1 Å². The summed E-state index contributed by atoms with van der Waals surface area (Å²) in [5.41, 5.74) is 8.79. The molecule has 186 valence electrons. The van der Waals surface area contributed by atoms with E-state index in [4.69, 9.17) is 9.97 Å². The molecule has 39 heavy (non-hydrogen) atoms. The maximum Gasteiger partial charge on any atom is 0.149 e. The summed E-state index contributed by atoms with van der Waals surface area (Å²) in [4.78, 5) is 12.7. The molecule has 5 heteroatoms. The van der Waals surface area contributed by atoms with E-state index >= 15 is 0 Å². The minimum Gasteiger partial charge on any atom is -0.311 e. The topological polar surface area (TPSA) is 33.4 Å². The van der Waals surface area contributed by atoms with Gasteiger partial charge in [-0.25, -0.2) is 9.97 Å². The van der Waals surface area contributed by atoms with Crippen molar-refractivity contribution < 1.29 is 0 Å². The second kappa shape index (κ2) is 8.13. The number of para-hydroxylation sites is 5. The number of aromatic nitrogens is 3. The number of hydrogen-bond acceptors (Lipinski definition) is 3. The molecule has 0 unspecified atom stereocenters. The smallest absolute Gasteiger partial charge is 0.149 e. The van der Waals surface area contributed by atoms with E-state index in [1.54, 1.807) is 0 Å². The Morgan fingerprint density at radius 1 is 0.590 bits per heavy atom. The largest absolute Gasteiger partial charge is 0.311 e. The van der Waals surface area contributed by atoms with Gasteiger partial charge >= 0.3 is 0 Å². The van der Waals surface area contributed by atoms with Crippen LogP contribution in [-0.2, 0) is 0 Å². The fourth-order valence-electron chi connectivity index (χ4n) is 6.24. The summed E-state index contributed by atoms with van der Waals surface area (Å²) in [5, 5.41) is 3.92. The molecule has 0 fully saturated rings. The second-order valence-corrected chi connectivity index (χ2v) is 15.1. The Kier molecular flexibility index (Phi) is 4.64. The van der Waals surface area contributed by atoms with E-state index in [1.165, 1.54) is 27.4 Å². The van der Waals surface area contributed by atoms with E-state index in [2.05, 4.69) is 138 Å². The van der Waals surface area contributed by atoms with Crippen molar-refractivity contribution in [2.45, 2.75) is 13.1 Å². The minimum atomic E-state index is -2.02. The van der Waals surface area contributed by atoms with Crippen LogP contribution in [0.1, 0.15) is 0 Å². The van der Waals surface area contributed by atoms with Gasteiger partial charge in [-0.1, -0.05) is 73.8 Å². The third-order valence-electron chi connectivity index (χ3n) is 8.15. The number of benzene rings is 5. The van der Waals surface area contributed by atoms with Gasteiger partial charge in [-0.3, -0.25) is 4.40 Å². The fourth-order valence-corrected chi connectivity index (χ4v) is 9.23. The van der Waals surface area contributed by atoms with Gasteiger partial charge in [0.15, 0.2) is 0 Å². The van der Waals surface area contributed by atoms with Gasteiger partial charge in [0.2, 0.25) is 0 Å². The molecule has 0 amide bonds. The van der Waals surface area contributed by atoms with Gasteiger partial charge in [0.25, 0.3) is 0 Å². The van der Waals surface area contributed by atoms with E-state index < -0.39 is 8.07 Å². The second-order valence-electron chi connectivity index (χ2n) is 10.8. The van der Waals surface area contributed by atoms with E-state index in [-0.39, 0.29) is 0 Å². The molecular formula is C34H26N4Si. The molecule has 0 bridgehead atoms. The quantitative estimate of drug-likeness (QED) is 0.225. The summed E-state index contributed by atoms with van der Waals surface area (Å²) in [6, 6.07) is 43.2. The fraction of sp³-hybridized carbons (Fsp3) is 0.0588. The van der Waals surface area contributed by atoms with Gasteiger partial charge in [-0.2, -0.15) is 0 Å². The third-order valence-corrected chi connectivity index (χ3v) is 11.7. The SMILES string of the molecule is C[Si]1(C)c2ccccc2N(c2ccccc2)c2ccc(-c3nc4ccccc4c4nc5ccccc5n34)cc21. The Hall–Kier alpha value is -4.74. The molecule has 0 saturated heterocycles. The molecule has 7 aromatic rings. The first kappa shape index (κ1) is 22.3. The van der Waals surface area contributed by atoms with Crippen LogP contribution in [0.15, 0.2) is 121 Å². The standard InChI is InChI=1S/C34H26N4Si/c1-39(2)31-19-11-10-18-29(31)37(24-12-4-3-5-13-24)30-21-20-23(22-32(30)39)33-35-26-15-7-6-14-25(26)34-36-27-16-8-9-17-28(27)38(33)34/h3-22H,1-2H3. The van der Waals surface area contributed by atoms with E-state index in [0.29, 0.717) is 0 Å². The Balaban J connectivity index is 1.44. The van der Waals surface area contributed by atoms with Gasteiger partial charge < -0.3 is 4.90 Å². The van der Waals surface area contributed by atoms with Crippen LogP contribution in [0.25, 0.3) is 39.0 Å². The van der Waals surface area contributed by atoms with Crippen LogP contribution in [0, 0.1) is 0 Å². The lowest BCUT2D eigenvalue weighted by molar-refractivity contribution is 1.16. The van der Waals surface area contributed by atoms with Gasteiger partial charge in [0, 0.05) is 28.0 Å². The monoisotopic (exact) mass is 518 g/mol. The zero-order valence-electron chi connectivity index (χ0n) is 21.8. The zero-order valence-corrected chi connectivity index (χ0v) is 22.8. The van der Waals surface area contributed by atoms with Crippen molar-refractivity contribution in [1.29, 1.82) is 0 Å². The first-order valence-electron chi connectivity index (χ1n) is 13.4. The lowest BCUT2D eigenvalue weighted by Crippen LogP contribution is -2.58. The van der Waals surface area contributed by atoms with Crippen LogP contribution < -0.4 is 15.3 Å². The highest BCUT2D eigenvalue weighted by molar-refractivity contribution is 7.02. The van der Waals surface area contributed by atoms with Gasteiger partial charge in [0.05, 0.1) is 16.6 Å².